The monoisotopic (exact) mass is 248 g/mol. The molecule has 0 saturated carbocycles. The third-order valence-corrected chi connectivity index (χ3v) is 3.23. The molecule has 0 aliphatic heterocycles. The fraction of sp³-hybridized carbons (Fsp3) is 0.250. The van der Waals surface area contributed by atoms with Crippen LogP contribution >= 0.6 is 11.3 Å². The summed E-state index contributed by atoms with van der Waals surface area (Å²) in [5.41, 5.74) is 5.07. The molecule has 0 aliphatic rings. The zero-order valence-corrected chi connectivity index (χ0v) is 10.6. The van der Waals surface area contributed by atoms with Crippen LogP contribution in [0.15, 0.2) is 35.2 Å². The molecule has 0 spiro atoms. The van der Waals surface area contributed by atoms with Gasteiger partial charge in [0, 0.05) is 24.8 Å². The van der Waals surface area contributed by atoms with E-state index in [0.717, 1.165) is 24.5 Å². The van der Waals surface area contributed by atoms with Gasteiger partial charge in [0.1, 0.15) is 5.82 Å². The number of hydrogen-bond acceptors (Lipinski definition) is 5. The molecule has 0 atom stereocenters. The predicted molar refractivity (Wildman–Crippen MR) is 71.5 cm³/mol. The van der Waals surface area contributed by atoms with Gasteiger partial charge in [-0.2, -0.15) is 11.3 Å². The molecule has 0 fully saturated rings. The Morgan fingerprint density at radius 3 is 3.00 bits per heavy atom. The molecular weight excluding hydrogens is 232 g/mol. The van der Waals surface area contributed by atoms with Gasteiger partial charge in [-0.1, -0.05) is 6.07 Å². The van der Waals surface area contributed by atoms with Crippen molar-refractivity contribution in [3.8, 4) is 0 Å². The van der Waals surface area contributed by atoms with Crippen LogP contribution in [0.25, 0.3) is 0 Å². The van der Waals surface area contributed by atoms with E-state index in [9.17, 15) is 0 Å². The lowest BCUT2D eigenvalue weighted by Crippen LogP contribution is -2.19. The molecule has 0 unspecified atom stereocenters. The molecule has 0 aliphatic carbocycles. The van der Waals surface area contributed by atoms with Crippen LogP contribution in [0.2, 0.25) is 0 Å². The summed E-state index contributed by atoms with van der Waals surface area (Å²) in [6, 6.07) is 6.10. The molecule has 2 heterocycles. The van der Waals surface area contributed by atoms with Crippen molar-refractivity contribution in [1.29, 1.82) is 0 Å². The molecule has 0 saturated heterocycles. The van der Waals surface area contributed by atoms with Crippen molar-refractivity contribution in [1.82, 2.24) is 9.88 Å². The van der Waals surface area contributed by atoms with Gasteiger partial charge in [-0.15, -0.1) is 0 Å². The van der Waals surface area contributed by atoms with Crippen LogP contribution in [0.3, 0.4) is 0 Å². The lowest BCUT2D eigenvalue weighted by Gasteiger charge is -2.17. The minimum atomic E-state index is 0.740. The number of rotatable bonds is 5. The summed E-state index contributed by atoms with van der Waals surface area (Å²) in [7, 11) is 2.09. The number of hydrazine groups is 1. The number of pyridine rings is 1. The summed E-state index contributed by atoms with van der Waals surface area (Å²) in [4.78, 5) is 6.42. The third kappa shape index (κ3) is 3.26. The average Bonchev–Trinajstić information content (AvgIpc) is 2.82. The normalized spacial score (nSPS) is 10.8. The van der Waals surface area contributed by atoms with Crippen molar-refractivity contribution in [2.24, 2.45) is 5.84 Å². The van der Waals surface area contributed by atoms with Gasteiger partial charge in [0.15, 0.2) is 0 Å². The fourth-order valence-electron chi connectivity index (χ4n) is 1.74. The average molecular weight is 248 g/mol. The Morgan fingerprint density at radius 2 is 2.29 bits per heavy atom. The van der Waals surface area contributed by atoms with Crippen molar-refractivity contribution in [2.45, 2.75) is 13.1 Å². The van der Waals surface area contributed by atoms with Gasteiger partial charge in [0.05, 0.1) is 0 Å². The van der Waals surface area contributed by atoms with E-state index in [2.05, 4.69) is 39.2 Å². The van der Waals surface area contributed by atoms with E-state index in [4.69, 9.17) is 5.84 Å². The molecule has 0 amide bonds. The number of aromatic nitrogens is 1. The molecule has 0 radical (unpaired) electrons. The van der Waals surface area contributed by atoms with Crippen molar-refractivity contribution in [2.75, 3.05) is 12.5 Å². The minimum absolute atomic E-state index is 0.740. The summed E-state index contributed by atoms with van der Waals surface area (Å²) in [5.74, 6) is 6.17. The van der Waals surface area contributed by atoms with E-state index in [1.807, 2.05) is 12.1 Å². The molecule has 3 N–H and O–H groups in total. The van der Waals surface area contributed by atoms with Gasteiger partial charge < -0.3 is 5.43 Å². The summed E-state index contributed by atoms with van der Waals surface area (Å²) in [5, 5.41) is 4.27. The van der Waals surface area contributed by atoms with Crippen molar-refractivity contribution in [3.05, 3.63) is 46.3 Å². The Kier molecular flexibility index (Phi) is 4.08. The highest BCUT2D eigenvalue weighted by Gasteiger charge is 2.06. The molecule has 5 heteroatoms. The smallest absolute Gasteiger partial charge is 0.144 e. The second-order valence-electron chi connectivity index (χ2n) is 3.96. The van der Waals surface area contributed by atoms with E-state index in [0.29, 0.717) is 0 Å². The van der Waals surface area contributed by atoms with Crippen LogP contribution in [-0.2, 0) is 13.1 Å². The van der Waals surface area contributed by atoms with Crippen LogP contribution in [0.5, 0.6) is 0 Å². The first-order chi connectivity index (χ1) is 8.29. The number of nitrogen functional groups attached to an aromatic ring is 1. The van der Waals surface area contributed by atoms with E-state index in [-0.39, 0.29) is 0 Å². The highest BCUT2D eigenvalue weighted by molar-refractivity contribution is 7.07. The predicted octanol–water partition coefficient (Wildman–Crippen LogP) is 2.06. The fourth-order valence-corrected chi connectivity index (χ4v) is 2.40. The largest absolute Gasteiger partial charge is 0.308 e. The number of nitrogens with two attached hydrogens (primary N) is 1. The molecule has 0 aromatic carbocycles. The highest BCUT2D eigenvalue weighted by atomic mass is 32.1. The zero-order valence-electron chi connectivity index (χ0n) is 9.76. The number of nitrogens with zero attached hydrogens (tertiary/aromatic N) is 2. The van der Waals surface area contributed by atoms with Gasteiger partial charge in [-0.05, 0) is 35.5 Å². The molecule has 17 heavy (non-hydrogen) atoms. The Morgan fingerprint density at radius 1 is 1.41 bits per heavy atom. The summed E-state index contributed by atoms with van der Waals surface area (Å²) >= 11 is 1.72. The lowest BCUT2D eigenvalue weighted by atomic mass is 10.2. The maximum atomic E-state index is 5.43. The molecule has 90 valence electrons. The third-order valence-electron chi connectivity index (χ3n) is 2.50. The van der Waals surface area contributed by atoms with Crippen molar-refractivity contribution >= 4 is 17.2 Å². The Balaban J connectivity index is 2.00. The second kappa shape index (κ2) is 5.77. The molecule has 0 bridgehead atoms. The maximum absolute atomic E-state index is 5.43. The van der Waals surface area contributed by atoms with E-state index < -0.39 is 0 Å². The topological polar surface area (TPSA) is 54.2 Å². The molecule has 2 rings (SSSR count). The van der Waals surface area contributed by atoms with Crippen molar-refractivity contribution < 1.29 is 0 Å². The van der Waals surface area contributed by atoms with Crippen LogP contribution in [0.4, 0.5) is 5.82 Å². The van der Waals surface area contributed by atoms with Crippen LogP contribution < -0.4 is 11.3 Å². The first-order valence-corrected chi connectivity index (χ1v) is 6.34. The molecule has 2 aromatic rings. The molecule has 2 aromatic heterocycles. The summed E-state index contributed by atoms with van der Waals surface area (Å²) < 4.78 is 0. The minimum Gasteiger partial charge on any atom is -0.308 e. The molecule has 4 nitrogen and oxygen atoms in total. The Bertz CT molecular complexity index is 455. The quantitative estimate of drug-likeness (QED) is 0.628. The first-order valence-electron chi connectivity index (χ1n) is 5.39. The van der Waals surface area contributed by atoms with Crippen LogP contribution in [0.1, 0.15) is 11.1 Å². The number of thiophene rings is 1. The van der Waals surface area contributed by atoms with E-state index in [1.165, 1.54) is 5.56 Å². The van der Waals surface area contributed by atoms with Gasteiger partial charge in [0.2, 0.25) is 0 Å². The number of anilines is 1. The van der Waals surface area contributed by atoms with Gasteiger partial charge in [-0.25, -0.2) is 10.8 Å². The Labute approximate surface area is 105 Å². The van der Waals surface area contributed by atoms with Crippen molar-refractivity contribution in [3.63, 3.8) is 0 Å². The standard InChI is InChI=1S/C12H16N4S/c1-16(7-10-4-6-17-9-10)8-11-3-2-5-14-12(11)15-13/h2-6,9H,7-8,13H2,1H3,(H,14,15). The van der Waals surface area contributed by atoms with Crippen LogP contribution in [0, 0.1) is 0 Å². The summed E-state index contributed by atoms with van der Waals surface area (Å²) in [6.45, 7) is 1.76. The second-order valence-corrected chi connectivity index (χ2v) is 4.74. The first kappa shape index (κ1) is 12.0. The summed E-state index contributed by atoms with van der Waals surface area (Å²) in [6.07, 6.45) is 1.73. The lowest BCUT2D eigenvalue weighted by molar-refractivity contribution is 0.319. The van der Waals surface area contributed by atoms with Gasteiger partial charge in [-0.3, -0.25) is 4.90 Å². The number of hydrogen-bond donors (Lipinski definition) is 2. The van der Waals surface area contributed by atoms with E-state index >= 15 is 0 Å². The molecular formula is C12H16N4S. The SMILES string of the molecule is CN(Cc1ccsc1)Cc1cccnc1NN. The zero-order chi connectivity index (χ0) is 12.1. The highest BCUT2D eigenvalue weighted by Crippen LogP contribution is 2.14. The Hall–Kier alpha value is -1.43. The number of nitrogens with one attached hydrogen (secondary N) is 1. The maximum Gasteiger partial charge on any atom is 0.144 e. The van der Waals surface area contributed by atoms with E-state index in [1.54, 1.807) is 17.5 Å². The van der Waals surface area contributed by atoms with Gasteiger partial charge in [0.25, 0.3) is 0 Å². The van der Waals surface area contributed by atoms with Crippen LogP contribution in [-0.4, -0.2) is 16.9 Å². The van der Waals surface area contributed by atoms with Gasteiger partial charge >= 0.3 is 0 Å².